The zero-order valence-corrected chi connectivity index (χ0v) is 19.5. The number of carbonyl (C=O) groups is 2. The summed E-state index contributed by atoms with van der Waals surface area (Å²) in [5, 5.41) is 3.19. The predicted octanol–water partition coefficient (Wildman–Crippen LogP) is 3.39. The zero-order chi connectivity index (χ0) is 23.0. The first-order chi connectivity index (χ1) is 16.1. The van der Waals surface area contributed by atoms with Crippen molar-refractivity contribution in [1.82, 2.24) is 15.1 Å². The molecule has 1 aliphatic carbocycles. The molecule has 1 heterocycles. The van der Waals surface area contributed by atoms with Crippen molar-refractivity contribution in [3.63, 3.8) is 0 Å². The molecule has 2 amide bonds. The van der Waals surface area contributed by atoms with Gasteiger partial charge in [0.15, 0.2) is 6.61 Å². The van der Waals surface area contributed by atoms with Crippen molar-refractivity contribution in [3.05, 3.63) is 65.7 Å². The number of ether oxygens (including phenoxy) is 1. The number of hydrogen-bond donors (Lipinski definition) is 1. The van der Waals surface area contributed by atoms with Crippen LogP contribution in [0.25, 0.3) is 0 Å². The van der Waals surface area contributed by atoms with E-state index in [2.05, 4.69) is 35.3 Å². The van der Waals surface area contributed by atoms with E-state index in [4.69, 9.17) is 4.74 Å². The van der Waals surface area contributed by atoms with Gasteiger partial charge >= 0.3 is 0 Å². The van der Waals surface area contributed by atoms with Crippen LogP contribution in [0.1, 0.15) is 36.8 Å². The fourth-order valence-electron chi connectivity index (χ4n) is 5.07. The molecule has 1 saturated carbocycles. The number of nitrogens with zero attached hydrogens (tertiary/aromatic N) is 2. The first kappa shape index (κ1) is 23.3. The van der Waals surface area contributed by atoms with Crippen molar-refractivity contribution < 1.29 is 14.3 Å². The molecule has 0 aromatic heterocycles. The first-order valence-electron chi connectivity index (χ1n) is 12.1. The van der Waals surface area contributed by atoms with Gasteiger partial charge in [0, 0.05) is 32.7 Å². The molecule has 2 aliphatic rings. The van der Waals surface area contributed by atoms with Crippen molar-refractivity contribution in [2.24, 2.45) is 5.92 Å². The maximum absolute atomic E-state index is 13.3. The summed E-state index contributed by atoms with van der Waals surface area (Å²) in [4.78, 5) is 30.1. The molecule has 2 fully saturated rings. The van der Waals surface area contributed by atoms with Gasteiger partial charge in [-0.25, -0.2) is 0 Å². The summed E-state index contributed by atoms with van der Waals surface area (Å²) < 4.78 is 5.63. The summed E-state index contributed by atoms with van der Waals surface area (Å²) in [7, 11) is 0. The number of para-hydroxylation sites is 1. The van der Waals surface area contributed by atoms with E-state index in [9.17, 15) is 9.59 Å². The van der Waals surface area contributed by atoms with Crippen molar-refractivity contribution in [2.75, 3.05) is 32.8 Å². The van der Waals surface area contributed by atoms with Gasteiger partial charge in [-0.15, -0.1) is 0 Å². The molecular formula is C27H35N3O3. The number of carbonyl (C=O) groups excluding carboxylic acids is 2. The molecule has 0 bridgehead atoms. The van der Waals surface area contributed by atoms with Crippen molar-refractivity contribution in [3.8, 4) is 5.75 Å². The summed E-state index contributed by atoms with van der Waals surface area (Å²) in [6.45, 7) is 5.37. The third-order valence-corrected chi connectivity index (χ3v) is 6.83. The van der Waals surface area contributed by atoms with Gasteiger partial charge in [0.1, 0.15) is 5.75 Å². The Hall–Kier alpha value is -2.86. The number of piperazine rings is 1. The highest BCUT2D eigenvalue weighted by atomic mass is 16.5. The van der Waals surface area contributed by atoms with Crippen molar-refractivity contribution >= 4 is 11.8 Å². The molecule has 1 aliphatic heterocycles. The quantitative estimate of drug-likeness (QED) is 0.671. The summed E-state index contributed by atoms with van der Waals surface area (Å²) in [5.41, 5.74) is 2.33. The van der Waals surface area contributed by atoms with Gasteiger partial charge < -0.3 is 15.0 Å². The molecule has 0 radical (unpaired) electrons. The molecule has 0 spiro atoms. The fraction of sp³-hybridized carbons (Fsp3) is 0.481. The Morgan fingerprint density at radius 1 is 1.00 bits per heavy atom. The zero-order valence-electron chi connectivity index (χ0n) is 19.5. The van der Waals surface area contributed by atoms with Crippen LogP contribution >= 0.6 is 0 Å². The van der Waals surface area contributed by atoms with Crippen molar-refractivity contribution in [1.29, 1.82) is 0 Å². The van der Waals surface area contributed by atoms with E-state index in [1.807, 2.05) is 41.3 Å². The summed E-state index contributed by atoms with van der Waals surface area (Å²) >= 11 is 0. The van der Waals surface area contributed by atoms with Gasteiger partial charge in [0.05, 0.1) is 6.04 Å². The normalized spacial score (nSPS) is 18.2. The first-order valence-corrected chi connectivity index (χ1v) is 12.1. The topological polar surface area (TPSA) is 61.9 Å². The number of nitrogens with one attached hydrogen (secondary N) is 1. The molecule has 6 heteroatoms. The molecule has 1 N–H and O–H groups in total. The van der Waals surface area contributed by atoms with Crippen molar-refractivity contribution in [2.45, 2.75) is 45.2 Å². The van der Waals surface area contributed by atoms with Crippen LogP contribution in [-0.4, -0.2) is 60.4 Å². The molecule has 2 aromatic rings. The SMILES string of the molecule is Cc1cccc(CNC(=O)C(C2CCCC2)N2CCN(C(=O)COc3ccccc3)CC2)c1. The Kier molecular flexibility index (Phi) is 8.00. The summed E-state index contributed by atoms with van der Waals surface area (Å²) in [6, 6.07) is 17.6. The van der Waals surface area contributed by atoms with Crippen LogP contribution in [0, 0.1) is 12.8 Å². The van der Waals surface area contributed by atoms with E-state index in [0.29, 0.717) is 31.3 Å². The number of benzene rings is 2. The molecule has 1 unspecified atom stereocenters. The third-order valence-electron chi connectivity index (χ3n) is 6.83. The summed E-state index contributed by atoms with van der Waals surface area (Å²) in [5.74, 6) is 1.22. The highest BCUT2D eigenvalue weighted by Gasteiger charge is 2.37. The minimum atomic E-state index is -0.116. The minimum Gasteiger partial charge on any atom is -0.484 e. The van der Waals surface area contributed by atoms with Crippen LogP contribution in [0.3, 0.4) is 0 Å². The second kappa shape index (κ2) is 11.3. The molecule has 1 saturated heterocycles. The number of rotatable bonds is 8. The van der Waals surface area contributed by atoms with Gasteiger partial charge in [-0.1, -0.05) is 60.9 Å². The molecule has 33 heavy (non-hydrogen) atoms. The number of hydrogen-bond acceptors (Lipinski definition) is 4. The van der Waals surface area contributed by atoms with Gasteiger partial charge in [-0.2, -0.15) is 0 Å². The minimum absolute atomic E-state index is 0.000168. The van der Waals surface area contributed by atoms with Gasteiger partial charge in [0.2, 0.25) is 5.91 Å². The van der Waals surface area contributed by atoms with E-state index in [1.165, 1.54) is 18.4 Å². The number of aryl methyl sites for hydroxylation is 1. The average Bonchev–Trinajstić information content (AvgIpc) is 3.37. The average molecular weight is 450 g/mol. The van der Waals surface area contributed by atoms with Crippen LogP contribution in [0.4, 0.5) is 0 Å². The molecule has 4 rings (SSSR count). The Morgan fingerprint density at radius 2 is 1.73 bits per heavy atom. The molecule has 176 valence electrons. The van der Waals surface area contributed by atoms with E-state index in [-0.39, 0.29) is 24.5 Å². The molecule has 2 aromatic carbocycles. The summed E-state index contributed by atoms with van der Waals surface area (Å²) in [6.07, 6.45) is 4.60. The smallest absolute Gasteiger partial charge is 0.260 e. The van der Waals surface area contributed by atoms with E-state index < -0.39 is 0 Å². The standard InChI is InChI=1S/C27H35N3O3/c1-21-8-7-9-22(18-21)19-28-27(32)26(23-10-5-6-11-23)30-16-14-29(15-17-30)25(31)20-33-24-12-3-2-4-13-24/h2-4,7-9,12-13,18,23,26H,5-6,10-11,14-17,19-20H2,1H3,(H,28,32). The highest BCUT2D eigenvalue weighted by Crippen LogP contribution is 2.31. The van der Waals surface area contributed by atoms with Crippen LogP contribution in [0.15, 0.2) is 54.6 Å². The monoisotopic (exact) mass is 449 g/mol. The molecular weight excluding hydrogens is 414 g/mol. The Bertz CT molecular complexity index is 919. The lowest BCUT2D eigenvalue weighted by Crippen LogP contribution is -2.58. The van der Waals surface area contributed by atoms with Gasteiger partial charge in [-0.05, 0) is 43.4 Å². The maximum Gasteiger partial charge on any atom is 0.260 e. The van der Waals surface area contributed by atoms with Gasteiger partial charge in [0.25, 0.3) is 5.91 Å². The van der Waals surface area contributed by atoms with Crippen LogP contribution in [-0.2, 0) is 16.1 Å². The molecule has 1 atom stereocenters. The predicted molar refractivity (Wildman–Crippen MR) is 129 cm³/mol. The fourth-order valence-corrected chi connectivity index (χ4v) is 5.07. The highest BCUT2D eigenvalue weighted by molar-refractivity contribution is 5.82. The maximum atomic E-state index is 13.3. The van der Waals surface area contributed by atoms with Crippen LogP contribution in [0.5, 0.6) is 5.75 Å². The Labute approximate surface area is 196 Å². The van der Waals surface area contributed by atoms with Crippen LogP contribution < -0.4 is 10.1 Å². The van der Waals surface area contributed by atoms with E-state index >= 15 is 0 Å². The second-order valence-corrected chi connectivity index (χ2v) is 9.21. The Morgan fingerprint density at radius 3 is 2.42 bits per heavy atom. The van der Waals surface area contributed by atoms with Gasteiger partial charge in [-0.3, -0.25) is 14.5 Å². The second-order valence-electron chi connectivity index (χ2n) is 9.21. The van der Waals surface area contributed by atoms with Crippen LogP contribution in [0.2, 0.25) is 0 Å². The lowest BCUT2D eigenvalue weighted by atomic mass is 9.95. The van der Waals surface area contributed by atoms with E-state index in [1.54, 1.807) is 0 Å². The number of amides is 2. The lowest BCUT2D eigenvalue weighted by molar-refractivity contribution is -0.137. The molecule has 6 nitrogen and oxygen atoms in total. The largest absolute Gasteiger partial charge is 0.484 e. The Balaban J connectivity index is 1.31. The third kappa shape index (κ3) is 6.35. The lowest BCUT2D eigenvalue weighted by Gasteiger charge is -2.40. The van der Waals surface area contributed by atoms with E-state index in [0.717, 1.165) is 31.5 Å².